The number of nitrogens with zero attached hydrogens (tertiary/aromatic N) is 1. The van der Waals surface area contributed by atoms with E-state index in [-0.39, 0.29) is 5.82 Å². The van der Waals surface area contributed by atoms with Gasteiger partial charge < -0.3 is 10.6 Å². The molecule has 0 radical (unpaired) electrons. The molecule has 0 heterocycles. The van der Waals surface area contributed by atoms with Crippen LogP contribution in [0.3, 0.4) is 0 Å². The Labute approximate surface area is 130 Å². The van der Waals surface area contributed by atoms with Gasteiger partial charge in [0.1, 0.15) is 5.82 Å². The maximum Gasteiger partial charge on any atom is 0.191 e. The van der Waals surface area contributed by atoms with Gasteiger partial charge >= 0.3 is 0 Å². The number of hydrogen-bond acceptors (Lipinski definition) is 2. The topological polar surface area (TPSA) is 36.4 Å². The summed E-state index contributed by atoms with van der Waals surface area (Å²) in [6.45, 7) is 0.839. The van der Waals surface area contributed by atoms with Crippen LogP contribution in [-0.4, -0.2) is 31.3 Å². The van der Waals surface area contributed by atoms with E-state index < -0.39 is 0 Å². The number of nitrogens with one attached hydrogen (secondary N) is 2. The van der Waals surface area contributed by atoms with E-state index in [2.05, 4.69) is 15.6 Å². The third kappa shape index (κ3) is 5.58. The standard InChI is InChI=1S/C16H24FN3S/c1-18-16(20-14-7-3-4-8-14)19-10-11-21-12-13-6-2-5-9-15(13)17/h2,5-6,9,14H,3-4,7-8,10-12H2,1H3,(H2,18,19,20). The van der Waals surface area contributed by atoms with Crippen LogP contribution in [0.1, 0.15) is 31.2 Å². The molecular formula is C16H24FN3S. The molecule has 2 rings (SSSR count). The summed E-state index contributed by atoms with van der Waals surface area (Å²) in [5, 5.41) is 6.77. The second-order valence-electron chi connectivity index (χ2n) is 5.27. The molecule has 0 amide bonds. The summed E-state index contributed by atoms with van der Waals surface area (Å²) in [6.07, 6.45) is 5.10. The van der Waals surface area contributed by atoms with Crippen LogP contribution in [0.25, 0.3) is 0 Å². The molecular weight excluding hydrogens is 285 g/mol. The van der Waals surface area contributed by atoms with E-state index >= 15 is 0 Å². The zero-order valence-electron chi connectivity index (χ0n) is 12.6. The van der Waals surface area contributed by atoms with Crippen molar-refractivity contribution in [1.29, 1.82) is 0 Å². The summed E-state index contributed by atoms with van der Waals surface area (Å²) in [6, 6.07) is 7.54. The summed E-state index contributed by atoms with van der Waals surface area (Å²) < 4.78 is 13.5. The lowest BCUT2D eigenvalue weighted by atomic mass is 10.2. The van der Waals surface area contributed by atoms with Gasteiger partial charge in [-0.15, -0.1) is 0 Å². The number of benzene rings is 1. The third-order valence-corrected chi connectivity index (χ3v) is 4.68. The van der Waals surface area contributed by atoms with Crippen LogP contribution in [-0.2, 0) is 5.75 Å². The van der Waals surface area contributed by atoms with Gasteiger partial charge in [0.25, 0.3) is 0 Å². The highest BCUT2D eigenvalue weighted by atomic mass is 32.2. The molecule has 1 aliphatic carbocycles. The number of rotatable bonds is 6. The number of hydrogen-bond donors (Lipinski definition) is 2. The van der Waals surface area contributed by atoms with Gasteiger partial charge in [0.2, 0.25) is 0 Å². The molecule has 21 heavy (non-hydrogen) atoms. The summed E-state index contributed by atoms with van der Waals surface area (Å²) in [5.41, 5.74) is 0.774. The SMILES string of the molecule is CN=C(NCCSCc1ccccc1F)NC1CCCC1. The molecule has 3 nitrogen and oxygen atoms in total. The van der Waals surface area contributed by atoms with Crippen LogP contribution < -0.4 is 10.6 Å². The lowest BCUT2D eigenvalue weighted by Gasteiger charge is -2.16. The van der Waals surface area contributed by atoms with Crippen molar-refractivity contribution in [2.75, 3.05) is 19.3 Å². The molecule has 0 atom stereocenters. The summed E-state index contributed by atoms with van der Waals surface area (Å²) in [7, 11) is 1.80. The van der Waals surface area contributed by atoms with Crippen LogP contribution in [0.5, 0.6) is 0 Å². The minimum absolute atomic E-state index is 0.114. The van der Waals surface area contributed by atoms with Crippen LogP contribution in [0.4, 0.5) is 4.39 Å². The van der Waals surface area contributed by atoms with Crippen molar-refractivity contribution < 1.29 is 4.39 Å². The van der Waals surface area contributed by atoms with Gasteiger partial charge in [-0.3, -0.25) is 4.99 Å². The lowest BCUT2D eigenvalue weighted by Crippen LogP contribution is -2.43. The molecule has 5 heteroatoms. The predicted octanol–water partition coefficient (Wildman–Crippen LogP) is 3.17. The maximum atomic E-state index is 13.5. The van der Waals surface area contributed by atoms with Crippen LogP contribution in [0.2, 0.25) is 0 Å². The molecule has 2 N–H and O–H groups in total. The molecule has 1 fully saturated rings. The van der Waals surface area contributed by atoms with Gasteiger partial charge in [-0.1, -0.05) is 31.0 Å². The van der Waals surface area contributed by atoms with Crippen molar-refractivity contribution in [3.05, 3.63) is 35.6 Å². The fourth-order valence-electron chi connectivity index (χ4n) is 2.50. The molecule has 1 aromatic rings. The third-order valence-electron chi connectivity index (χ3n) is 3.67. The van der Waals surface area contributed by atoms with Gasteiger partial charge in [0.05, 0.1) is 0 Å². The smallest absolute Gasteiger partial charge is 0.191 e. The molecule has 1 saturated carbocycles. The largest absolute Gasteiger partial charge is 0.356 e. The van der Waals surface area contributed by atoms with Crippen molar-refractivity contribution in [1.82, 2.24) is 10.6 Å². The highest BCUT2D eigenvalue weighted by molar-refractivity contribution is 7.98. The first-order valence-electron chi connectivity index (χ1n) is 7.58. The van der Waals surface area contributed by atoms with E-state index in [1.807, 2.05) is 12.1 Å². The number of guanidine groups is 1. The molecule has 0 unspecified atom stereocenters. The summed E-state index contributed by atoms with van der Waals surface area (Å²) >= 11 is 1.73. The Balaban J connectivity index is 1.61. The van der Waals surface area contributed by atoms with E-state index in [4.69, 9.17) is 0 Å². The van der Waals surface area contributed by atoms with E-state index in [0.29, 0.717) is 11.8 Å². The molecule has 0 aliphatic heterocycles. The van der Waals surface area contributed by atoms with Crippen molar-refractivity contribution >= 4 is 17.7 Å². The first-order chi connectivity index (χ1) is 10.3. The molecule has 1 aliphatic rings. The first kappa shape index (κ1) is 16.1. The quantitative estimate of drug-likeness (QED) is 0.481. The number of thioether (sulfide) groups is 1. The van der Waals surface area contributed by atoms with Gasteiger partial charge in [-0.2, -0.15) is 11.8 Å². The Kier molecular flexibility index (Phi) is 6.86. The fraction of sp³-hybridized carbons (Fsp3) is 0.562. The Bertz CT molecular complexity index is 459. The normalized spacial score (nSPS) is 16.2. The fourth-order valence-corrected chi connectivity index (χ4v) is 3.34. The molecule has 0 bridgehead atoms. The minimum atomic E-state index is -0.114. The van der Waals surface area contributed by atoms with Crippen molar-refractivity contribution in [3.8, 4) is 0 Å². The maximum absolute atomic E-state index is 13.5. The summed E-state index contributed by atoms with van der Waals surface area (Å²) in [5.74, 6) is 2.41. The number of aliphatic imine (C=N–C) groups is 1. The van der Waals surface area contributed by atoms with E-state index in [0.717, 1.165) is 23.8 Å². The Morgan fingerprint density at radius 1 is 1.33 bits per heavy atom. The van der Waals surface area contributed by atoms with E-state index in [1.165, 1.54) is 31.7 Å². The van der Waals surface area contributed by atoms with E-state index in [1.54, 1.807) is 24.9 Å². The highest BCUT2D eigenvalue weighted by Crippen LogP contribution is 2.17. The van der Waals surface area contributed by atoms with Crippen molar-refractivity contribution in [2.24, 2.45) is 4.99 Å². The van der Waals surface area contributed by atoms with Crippen molar-refractivity contribution in [3.63, 3.8) is 0 Å². The lowest BCUT2D eigenvalue weighted by molar-refractivity contribution is 0.615. The number of halogens is 1. The van der Waals surface area contributed by atoms with Crippen LogP contribution in [0, 0.1) is 5.82 Å². The second kappa shape index (κ2) is 8.93. The Hall–Kier alpha value is -1.23. The molecule has 116 valence electrons. The zero-order chi connectivity index (χ0) is 14.9. The van der Waals surface area contributed by atoms with Gasteiger partial charge in [0.15, 0.2) is 5.96 Å². The van der Waals surface area contributed by atoms with Crippen LogP contribution >= 0.6 is 11.8 Å². The average Bonchev–Trinajstić information content (AvgIpc) is 3.00. The van der Waals surface area contributed by atoms with Gasteiger partial charge in [-0.25, -0.2) is 4.39 Å². The van der Waals surface area contributed by atoms with Gasteiger partial charge in [-0.05, 0) is 24.5 Å². The second-order valence-corrected chi connectivity index (χ2v) is 6.37. The summed E-state index contributed by atoms with van der Waals surface area (Å²) in [4.78, 5) is 4.25. The first-order valence-corrected chi connectivity index (χ1v) is 8.73. The predicted molar refractivity (Wildman–Crippen MR) is 89.3 cm³/mol. The Morgan fingerprint density at radius 3 is 2.81 bits per heavy atom. The zero-order valence-corrected chi connectivity index (χ0v) is 13.4. The molecule has 0 aromatic heterocycles. The average molecular weight is 309 g/mol. The van der Waals surface area contributed by atoms with Crippen molar-refractivity contribution in [2.45, 2.75) is 37.5 Å². The molecule has 1 aromatic carbocycles. The Morgan fingerprint density at radius 2 is 2.10 bits per heavy atom. The van der Waals surface area contributed by atoms with Crippen LogP contribution in [0.15, 0.2) is 29.3 Å². The highest BCUT2D eigenvalue weighted by Gasteiger charge is 2.15. The van der Waals surface area contributed by atoms with E-state index in [9.17, 15) is 4.39 Å². The monoisotopic (exact) mass is 309 g/mol. The minimum Gasteiger partial charge on any atom is -0.356 e. The molecule has 0 saturated heterocycles. The van der Waals surface area contributed by atoms with Gasteiger partial charge in [0, 0.05) is 31.1 Å². The molecule has 0 spiro atoms.